The van der Waals surface area contributed by atoms with Crippen molar-refractivity contribution >= 4 is 23.0 Å². The first kappa shape index (κ1) is 18.0. The van der Waals surface area contributed by atoms with Crippen LogP contribution in [0.1, 0.15) is 46.6 Å². The molecule has 0 bridgehead atoms. The van der Waals surface area contributed by atoms with E-state index < -0.39 is 5.97 Å². The monoisotopic (exact) mass is 358 g/mol. The summed E-state index contributed by atoms with van der Waals surface area (Å²) in [6, 6.07) is 6.11. The molecule has 2 aromatic rings. The van der Waals surface area contributed by atoms with Crippen LogP contribution in [0.5, 0.6) is 0 Å². The van der Waals surface area contributed by atoms with Crippen molar-refractivity contribution in [3.63, 3.8) is 0 Å². The number of carboxylic acid groups (broad SMARTS) is 1. The van der Waals surface area contributed by atoms with Gasteiger partial charge in [0.2, 0.25) is 0 Å². The Kier molecular flexibility index (Phi) is 4.64. The Morgan fingerprint density at radius 3 is 2.68 bits per heavy atom. The van der Waals surface area contributed by atoms with Crippen molar-refractivity contribution in [1.82, 2.24) is 0 Å². The van der Waals surface area contributed by atoms with Gasteiger partial charge in [-0.1, -0.05) is 19.9 Å². The molecule has 0 amide bonds. The molecule has 3 N–H and O–H groups in total. The first-order valence-electron chi connectivity index (χ1n) is 8.62. The number of hydrogen-bond acceptors (Lipinski definition) is 4. The van der Waals surface area contributed by atoms with Gasteiger partial charge in [-0.3, -0.25) is 0 Å². The Morgan fingerprint density at radius 2 is 2.08 bits per heavy atom. The zero-order valence-electron chi connectivity index (χ0n) is 15.3. The Hall–Kier alpha value is -1.85. The number of anilines is 1. The first-order chi connectivity index (χ1) is 11.7. The van der Waals surface area contributed by atoms with E-state index in [1.165, 1.54) is 4.88 Å². The number of aromatic carboxylic acids is 1. The summed E-state index contributed by atoms with van der Waals surface area (Å²) < 4.78 is 0. The predicted octanol–water partition coefficient (Wildman–Crippen LogP) is 4.15. The van der Waals surface area contributed by atoms with Gasteiger partial charge in [0.25, 0.3) is 0 Å². The van der Waals surface area contributed by atoms with E-state index in [2.05, 4.69) is 19.9 Å². The largest absolute Gasteiger partial charge is 0.478 e. The summed E-state index contributed by atoms with van der Waals surface area (Å²) in [6.45, 7) is 4.83. The smallest absolute Gasteiger partial charge is 0.337 e. The Balaban J connectivity index is 2.19. The average Bonchev–Trinajstić information content (AvgIpc) is 2.91. The lowest BCUT2D eigenvalue weighted by molar-refractivity contribution is 0.0696. The minimum atomic E-state index is -0.829. The second-order valence-corrected chi connectivity index (χ2v) is 8.90. The van der Waals surface area contributed by atoms with Gasteiger partial charge in [0.05, 0.1) is 5.56 Å². The van der Waals surface area contributed by atoms with E-state index in [0.717, 1.165) is 46.5 Å². The van der Waals surface area contributed by atoms with Crippen LogP contribution in [0.15, 0.2) is 18.2 Å². The molecule has 25 heavy (non-hydrogen) atoms. The minimum Gasteiger partial charge on any atom is -0.478 e. The van der Waals surface area contributed by atoms with E-state index in [-0.39, 0.29) is 5.41 Å². The molecule has 1 aliphatic rings. The van der Waals surface area contributed by atoms with Crippen LogP contribution in [0.25, 0.3) is 10.4 Å². The summed E-state index contributed by atoms with van der Waals surface area (Å²) in [5, 5.41) is 9.92. The van der Waals surface area contributed by atoms with Crippen LogP contribution in [-0.4, -0.2) is 25.2 Å². The van der Waals surface area contributed by atoms with E-state index in [9.17, 15) is 9.90 Å². The van der Waals surface area contributed by atoms with Gasteiger partial charge in [0.1, 0.15) is 0 Å². The van der Waals surface area contributed by atoms with Crippen LogP contribution < -0.4 is 10.6 Å². The highest BCUT2D eigenvalue weighted by molar-refractivity contribution is 7.16. The van der Waals surface area contributed by atoms with Crippen molar-refractivity contribution in [2.24, 2.45) is 11.1 Å². The molecule has 0 atom stereocenters. The van der Waals surface area contributed by atoms with Crippen LogP contribution in [0.2, 0.25) is 0 Å². The third-order valence-electron chi connectivity index (χ3n) is 5.06. The molecule has 0 fully saturated rings. The molecule has 1 aromatic carbocycles. The summed E-state index contributed by atoms with van der Waals surface area (Å²) in [4.78, 5) is 16.2. The fraction of sp³-hybridized carbons (Fsp3) is 0.450. The van der Waals surface area contributed by atoms with Gasteiger partial charge in [-0.2, -0.15) is 0 Å². The lowest BCUT2D eigenvalue weighted by atomic mass is 9.76. The van der Waals surface area contributed by atoms with Gasteiger partial charge in [0.15, 0.2) is 0 Å². The van der Waals surface area contributed by atoms with Gasteiger partial charge in [-0.25, -0.2) is 4.79 Å². The standard InChI is InChI=1S/C20H26N2O2S/c1-20(2)8-7-16-15(10-20)17(19(23)24)18(25-16)14-6-5-13(22(3)4)9-12(14)11-21/h5-6,9H,7-8,10-11,21H2,1-4H3,(H,23,24). The van der Waals surface area contributed by atoms with Crippen molar-refractivity contribution in [3.05, 3.63) is 39.8 Å². The van der Waals surface area contributed by atoms with Gasteiger partial charge in [-0.05, 0) is 53.5 Å². The molecule has 3 rings (SSSR count). The third kappa shape index (κ3) is 3.31. The molecule has 0 saturated carbocycles. The fourth-order valence-corrected chi connectivity index (χ4v) is 4.95. The highest BCUT2D eigenvalue weighted by Crippen LogP contribution is 2.46. The maximum Gasteiger partial charge on any atom is 0.337 e. The van der Waals surface area contributed by atoms with Crippen LogP contribution >= 0.6 is 11.3 Å². The zero-order valence-corrected chi connectivity index (χ0v) is 16.2. The lowest BCUT2D eigenvalue weighted by Gasteiger charge is -2.29. The molecule has 4 nitrogen and oxygen atoms in total. The number of rotatable bonds is 4. The number of hydrogen-bond donors (Lipinski definition) is 2. The quantitative estimate of drug-likeness (QED) is 0.861. The third-order valence-corrected chi connectivity index (χ3v) is 6.38. The maximum absolute atomic E-state index is 12.1. The van der Waals surface area contributed by atoms with E-state index in [1.54, 1.807) is 11.3 Å². The molecule has 5 heteroatoms. The number of carbonyl (C=O) groups is 1. The molecule has 1 heterocycles. The van der Waals surface area contributed by atoms with E-state index >= 15 is 0 Å². The molecule has 134 valence electrons. The Morgan fingerprint density at radius 1 is 1.36 bits per heavy atom. The van der Waals surface area contributed by atoms with E-state index in [1.807, 2.05) is 31.1 Å². The summed E-state index contributed by atoms with van der Waals surface area (Å²) in [7, 11) is 3.98. The zero-order chi connectivity index (χ0) is 18.4. The van der Waals surface area contributed by atoms with Crippen molar-refractivity contribution in [1.29, 1.82) is 0 Å². The highest BCUT2D eigenvalue weighted by Gasteiger charge is 2.33. The summed E-state index contributed by atoms with van der Waals surface area (Å²) >= 11 is 1.64. The van der Waals surface area contributed by atoms with E-state index in [4.69, 9.17) is 5.73 Å². The highest BCUT2D eigenvalue weighted by atomic mass is 32.1. The van der Waals surface area contributed by atoms with Gasteiger partial charge >= 0.3 is 5.97 Å². The van der Waals surface area contributed by atoms with Crippen LogP contribution in [0.4, 0.5) is 5.69 Å². The lowest BCUT2D eigenvalue weighted by Crippen LogP contribution is -2.22. The van der Waals surface area contributed by atoms with Gasteiger partial charge in [-0.15, -0.1) is 11.3 Å². The van der Waals surface area contributed by atoms with Gasteiger partial charge < -0.3 is 15.7 Å². The van der Waals surface area contributed by atoms with Gasteiger partial charge in [0, 0.05) is 36.1 Å². The molecule has 0 radical (unpaired) electrons. The molecule has 0 spiro atoms. The predicted molar refractivity (Wildman–Crippen MR) is 105 cm³/mol. The minimum absolute atomic E-state index is 0.154. The molecule has 0 aliphatic heterocycles. The van der Waals surface area contributed by atoms with Crippen molar-refractivity contribution in [2.45, 2.75) is 39.7 Å². The second kappa shape index (κ2) is 6.46. The molecular formula is C20H26N2O2S. The van der Waals surface area contributed by atoms with Crippen molar-refractivity contribution < 1.29 is 9.90 Å². The van der Waals surface area contributed by atoms with Crippen LogP contribution in [0.3, 0.4) is 0 Å². The molecular weight excluding hydrogens is 332 g/mol. The number of benzene rings is 1. The van der Waals surface area contributed by atoms with Crippen molar-refractivity contribution in [2.75, 3.05) is 19.0 Å². The molecule has 0 unspecified atom stereocenters. The summed E-state index contributed by atoms with van der Waals surface area (Å²) in [6.07, 6.45) is 2.89. The summed E-state index contributed by atoms with van der Waals surface area (Å²) in [5.74, 6) is -0.829. The number of carboxylic acids is 1. The number of nitrogens with zero attached hydrogens (tertiary/aromatic N) is 1. The van der Waals surface area contributed by atoms with Crippen LogP contribution in [-0.2, 0) is 19.4 Å². The second-order valence-electron chi connectivity index (χ2n) is 7.79. The fourth-order valence-electron chi connectivity index (χ4n) is 3.58. The first-order valence-corrected chi connectivity index (χ1v) is 9.43. The normalized spacial score (nSPS) is 15.7. The average molecular weight is 359 g/mol. The molecule has 1 aromatic heterocycles. The van der Waals surface area contributed by atoms with Crippen molar-refractivity contribution in [3.8, 4) is 10.4 Å². The Bertz CT molecular complexity index is 821. The van der Waals surface area contributed by atoms with E-state index in [0.29, 0.717) is 12.1 Å². The maximum atomic E-state index is 12.1. The number of fused-ring (bicyclic) bond motifs is 1. The number of nitrogens with two attached hydrogens (primary N) is 1. The molecule has 1 aliphatic carbocycles. The Labute approximate surface area is 153 Å². The SMILES string of the molecule is CN(C)c1ccc(-c2sc3c(c2C(=O)O)CC(C)(C)CC3)c(CN)c1. The topological polar surface area (TPSA) is 66.6 Å². The number of thiophene rings is 1. The number of aryl methyl sites for hydroxylation is 1. The summed E-state index contributed by atoms with van der Waals surface area (Å²) in [5.41, 5.74) is 10.7. The van der Waals surface area contributed by atoms with Crippen LogP contribution in [0, 0.1) is 5.41 Å². The molecule has 0 saturated heterocycles.